The summed E-state index contributed by atoms with van der Waals surface area (Å²) in [5.41, 5.74) is -0.0854. The number of hydrogen-bond acceptors (Lipinski definition) is 7. The summed E-state index contributed by atoms with van der Waals surface area (Å²) in [5.74, 6) is 4.90. The van der Waals surface area contributed by atoms with Crippen LogP contribution in [0.1, 0.15) is 24.2 Å². The Bertz CT molecular complexity index is 1280. The van der Waals surface area contributed by atoms with Crippen LogP contribution in [0.25, 0.3) is 11.4 Å². The molecule has 37 heavy (non-hydrogen) atoms. The van der Waals surface area contributed by atoms with Crippen LogP contribution in [0.5, 0.6) is 5.75 Å². The van der Waals surface area contributed by atoms with Crippen molar-refractivity contribution in [2.75, 3.05) is 30.8 Å². The van der Waals surface area contributed by atoms with E-state index in [4.69, 9.17) is 4.74 Å². The molecule has 0 saturated carbocycles. The van der Waals surface area contributed by atoms with Gasteiger partial charge in [-0.05, 0) is 43.0 Å². The van der Waals surface area contributed by atoms with Crippen LogP contribution in [0, 0.1) is 11.8 Å². The molecular formula is C23H25F3N6O4S. The number of nitrogens with zero attached hydrogens (tertiary/aromatic N) is 2. The number of ether oxygens (including phenoxy) is 1. The first-order valence-electron chi connectivity index (χ1n) is 11.3. The Morgan fingerprint density at radius 1 is 1.30 bits per heavy atom. The quantitative estimate of drug-likeness (QED) is 0.199. The first-order valence-corrected chi connectivity index (χ1v) is 13.1. The maximum atomic E-state index is 13.0. The Balaban J connectivity index is 1.49. The second kappa shape index (κ2) is 11.3. The summed E-state index contributed by atoms with van der Waals surface area (Å²) in [7, 11) is -2.65. The van der Waals surface area contributed by atoms with E-state index in [1.54, 1.807) is 6.07 Å². The Hall–Kier alpha value is -3.51. The van der Waals surface area contributed by atoms with Crippen molar-refractivity contribution >= 4 is 22.2 Å². The highest BCUT2D eigenvalue weighted by atomic mass is 32.3. The lowest BCUT2D eigenvalue weighted by Gasteiger charge is -2.44. The van der Waals surface area contributed by atoms with Crippen molar-refractivity contribution in [1.29, 1.82) is 0 Å². The average molecular weight is 539 g/mol. The van der Waals surface area contributed by atoms with Crippen LogP contribution in [-0.2, 0) is 11.0 Å². The van der Waals surface area contributed by atoms with Gasteiger partial charge in [0.05, 0.1) is 29.5 Å². The number of aromatic amines is 2. The van der Waals surface area contributed by atoms with Crippen LogP contribution in [0.15, 0.2) is 36.7 Å². The lowest BCUT2D eigenvalue weighted by atomic mass is 10.1. The normalized spacial score (nSPS) is 17.9. The summed E-state index contributed by atoms with van der Waals surface area (Å²) in [6, 6.07) is 6.05. The molecule has 1 aromatic carbocycles. The van der Waals surface area contributed by atoms with E-state index in [9.17, 15) is 27.1 Å². The monoisotopic (exact) mass is 538 g/mol. The highest BCUT2D eigenvalue weighted by Gasteiger charge is 2.33. The van der Waals surface area contributed by atoms with Crippen LogP contribution in [0.4, 0.5) is 18.9 Å². The molecule has 3 aromatic rings. The van der Waals surface area contributed by atoms with E-state index in [0.29, 0.717) is 49.1 Å². The van der Waals surface area contributed by atoms with E-state index >= 15 is 0 Å². The third kappa shape index (κ3) is 7.04. The number of aromatic nitrogens is 4. The van der Waals surface area contributed by atoms with E-state index in [-0.39, 0.29) is 29.1 Å². The van der Waals surface area contributed by atoms with Gasteiger partial charge in [0, 0.05) is 30.8 Å². The number of alkyl halides is 3. The highest BCUT2D eigenvalue weighted by Crippen LogP contribution is 2.46. The molecule has 1 saturated heterocycles. The molecule has 0 aliphatic carbocycles. The number of amides is 1. The van der Waals surface area contributed by atoms with Crippen molar-refractivity contribution in [3.8, 4) is 29.0 Å². The fourth-order valence-corrected chi connectivity index (χ4v) is 5.39. The van der Waals surface area contributed by atoms with Gasteiger partial charge in [-0.2, -0.15) is 28.9 Å². The molecule has 0 radical (unpaired) electrons. The number of benzene rings is 1. The zero-order valence-corrected chi connectivity index (χ0v) is 20.2. The van der Waals surface area contributed by atoms with Gasteiger partial charge in [-0.3, -0.25) is 19.0 Å². The molecule has 4 rings (SSSR count). The lowest BCUT2D eigenvalue weighted by Crippen LogP contribution is -2.41. The highest BCUT2D eigenvalue weighted by molar-refractivity contribution is 8.24. The number of nitrogens with one attached hydrogen (secondary N) is 4. The van der Waals surface area contributed by atoms with E-state index in [0.717, 1.165) is 0 Å². The molecule has 0 spiro atoms. The Kier molecular flexibility index (Phi) is 8.08. The van der Waals surface area contributed by atoms with Gasteiger partial charge in [-0.1, -0.05) is 0 Å². The van der Waals surface area contributed by atoms with Crippen LogP contribution in [0.2, 0.25) is 0 Å². The topological polar surface area (TPSA) is 148 Å². The number of anilines is 1. The first kappa shape index (κ1) is 26.6. The van der Waals surface area contributed by atoms with Crippen molar-refractivity contribution in [1.82, 2.24) is 25.5 Å². The maximum absolute atomic E-state index is 13.0. The molecule has 1 unspecified atom stereocenters. The standard InChI is InChI=1S/C23H25F3N6O4S/c24-23(25,26)20-14-28-22(31-20)15-3-5-19(36-10-1-2-17-13-27-9-11-37(17,34)35)18(12-15)30-21(33)6-4-16-7-8-29-32-16/h3,5,7-8,12,14,17,27,34-35H,1-2,9-11,13H2,(H,28,31)(H,29,32)(H,30,33). The second-order valence-corrected chi connectivity index (χ2v) is 10.8. The number of carbonyl (C=O) groups excluding carboxylic acids is 1. The van der Waals surface area contributed by atoms with Gasteiger partial charge in [-0.15, -0.1) is 0 Å². The lowest BCUT2D eigenvalue weighted by molar-refractivity contribution is -0.140. The maximum Gasteiger partial charge on any atom is 0.432 e. The minimum atomic E-state index is -4.58. The largest absolute Gasteiger partial charge is 0.491 e. The van der Waals surface area contributed by atoms with E-state index in [1.807, 2.05) is 0 Å². The molecule has 1 fully saturated rings. The summed E-state index contributed by atoms with van der Waals surface area (Å²) < 4.78 is 65.2. The predicted octanol–water partition coefficient (Wildman–Crippen LogP) is 3.69. The van der Waals surface area contributed by atoms with Crippen molar-refractivity contribution in [2.24, 2.45) is 0 Å². The zero-order valence-electron chi connectivity index (χ0n) is 19.4. The molecule has 10 nitrogen and oxygen atoms in total. The van der Waals surface area contributed by atoms with Gasteiger partial charge in [0.2, 0.25) is 0 Å². The molecular weight excluding hydrogens is 513 g/mol. The first-order chi connectivity index (χ1) is 17.6. The van der Waals surface area contributed by atoms with Gasteiger partial charge in [0.1, 0.15) is 23.0 Å². The zero-order chi connectivity index (χ0) is 26.5. The number of H-pyrrole nitrogens is 2. The van der Waals surface area contributed by atoms with Crippen LogP contribution in [0.3, 0.4) is 0 Å². The summed E-state index contributed by atoms with van der Waals surface area (Å²) >= 11 is 0. The molecule has 1 amide bonds. The Labute approximate surface area is 211 Å². The Morgan fingerprint density at radius 2 is 2.14 bits per heavy atom. The van der Waals surface area contributed by atoms with Crippen LogP contribution >= 0.6 is 10.6 Å². The summed E-state index contributed by atoms with van der Waals surface area (Å²) in [5, 5.41) is 11.8. The van der Waals surface area contributed by atoms with Gasteiger partial charge in [-0.25, -0.2) is 4.98 Å². The summed E-state index contributed by atoms with van der Waals surface area (Å²) in [4.78, 5) is 18.5. The van der Waals surface area contributed by atoms with Gasteiger partial charge in [0.25, 0.3) is 0 Å². The average Bonchev–Trinajstić information content (AvgIpc) is 3.54. The molecule has 198 valence electrons. The van der Waals surface area contributed by atoms with E-state index < -0.39 is 28.4 Å². The SMILES string of the molecule is O=C(C#Cc1ccn[nH]1)Nc1cc(-c2ncc(C(F)(F)F)[nH]2)ccc1OCCCC1CNCCS1(O)O. The molecule has 1 atom stereocenters. The number of carbonyl (C=O) groups is 1. The fourth-order valence-electron chi connectivity index (χ4n) is 3.69. The van der Waals surface area contributed by atoms with Crippen LogP contribution in [-0.4, -0.2) is 65.9 Å². The van der Waals surface area contributed by atoms with Gasteiger partial charge >= 0.3 is 12.1 Å². The predicted molar refractivity (Wildman–Crippen MR) is 132 cm³/mol. The molecule has 14 heteroatoms. The van der Waals surface area contributed by atoms with E-state index in [2.05, 4.69) is 42.6 Å². The number of imidazole rings is 1. The third-order valence-electron chi connectivity index (χ3n) is 5.61. The van der Waals surface area contributed by atoms with Gasteiger partial charge in [0.15, 0.2) is 0 Å². The minimum absolute atomic E-state index is 0.0343. The molecule has 6 N–H and O–H groups in total. The molecule has 3 heterocycles. The second-order valence-electron chi connectivity index (χ2n) is 8.27. The minimum Gasteiger partial charge on any atom is -0.491 e. The van der Waals surface area contributed by atoms with Crippen molar-refractivity contribution in [3.63, 3.8) is 0 Å². The van der Waals surface area contributed by atoms with Crippen LogP contribution < -0.4 is 15.4 Å². The summed E-state index contributed by atoms with van der Waals surface area (Å²) in [6.45, 7) is 1.29. The van der Waals surface area contributed by atoms with E-state index in [1.165, 1.54) is 24.4 Å². The van der Waals surface area contributed by atoms with Crippen molar-refractivity contribution in [3.05, 3.63) is 48.0 Å². The number of halogens is 3. The third-order valence-corrected chi connectivity index (χ3v) is 7.88. The number of hydrogen-bond donors (Lipinski definition) is 6. The molecule has 2 aromatic heterocycles. The molecule has 0 bridgehead atoms. The van der Waals surface area contributed by atoms with Gasteiger partial charge < -0.3 is 20.4 Å². The summed E-state index contributed by atoms with van der Waals surface area (Å²) in [6.07, 6.45) is -1.36. The fraction of sp³-hybridized carbons (Fsp3) is 0.348. The molecule has 1 aliphatic heterocycles. The van der Waals surface area contributed by atoms with Crippen molar-refractivity contribution < 1.29 is 31.8 Å². The molecule has 1 aliphatic rings. The smallest absolute Gasteiger partial charge is 0.432 e. The number of rotatable bonds is 7. The van der Waals surface area contributed by atoms with Crippen molar-refractivity contribution in [2.45, 2.75) is 24.3 Å². The Morgan fingerprint density at radius 3 is 2.84 bits per heavy atom.